The van der Waals surface area contributed by atoms with Crippen LogP contribution >= 0.6 is 11.6 Å². The first-order valence-electron chi connectivity index (χ1n) is 8.25. The number of benzene rings is 1. The van der Waals surface area contributed by atoms with Gasteiger partial charge < -0.3 is 15.4 Å². The number of methoxy groups -OCH3 is 1. The van der Waals surface area contributed by atoms with Gasteiger partial charge in [0.2, 0.25) is 16.0 Å². The molecule has 1 heterocycles. The second kappa shape index (κ2) is 8.60. The van der Waals surface area contributed by atoms with Crippen LogP contribution in [0.3, 0.4) is 0 Å². The van der Waals surface area contributed by atoms with Gasteiger partial charge in [0.1, 0.15) is 5.75 Å². The molecule has 2 aromatic rings. The maximum Gasteiger partial charge on any atom is 0.231 e. The smallest absolute Gasteiger partial charge is 0.231 e. The molecule has 29 heavy (non-hydrogen) atoms. The van der Waals surface area contributed by atoms with Gasteiger partial charge >= 0.3 is 0 Å². The fourth-order valence-electron chi connectivity index (χ4n) is 2.52. The van der Waals surface area contributed by atoms with Crippen LogP contribution in [0, 0.1) is 5.82 Å². The van der Waals surface area contributed by atoms with Gasteiger partial charge in [-0.05, 0) is 42.3 Å². The van der Waals surface area contributed by atoms with Crippen molar-refractivity contribution in [2.45, 2.75) is 6.42 Å². The molecule has 0 aliphatic heterocycles. The van der Waals surface area contributed by atoms with E-state index >= 15 is 0 Å². The monoisotopic (exact) mass is 437 g/mol. The molecule has 152 valence electrons. The van der Waals surface area contributed by atoms with Gasteiger partial charge in [0.05, 0.1) is 18.3 Å². The third-order valence-corrected chi connectivity index (χ3v) is 4.65. The molecule has 3 rings (SSSR count). The number of halogens is 2. The van der Waals surface area contributed by atoms with Crippen molar-refractivity contribution in [3.05, 3.63) is 70.1 Å². The fourth-order valence-corrected chi connectivity index (χ4v) is 3.37. The lowest BCUT2D eigenvalue weighted by molar-refractivity contribution is 0.415. The van der Waals surface area contributed by atoms with E-state index in [2.05, 4.69) is 20.6 Å². The number of hydrogen-bond acceptors (Lipinski definition) is 7. The van der Waals surface area contributed by atoms with E-state index in [9.17, 15) is 12.8 Å². The number of sulfonamides is 1. The number of hydrogen-bond donors (Lipinski definition) is 3. The summed E-state index contributed by atoms with van der Waals surface area (Å²) in [5.74, 6) is -0.127. The molecule has 0 radical (unpaired) electrons. The molecule has 0 unspecified atom stereocenters. The Kier molecular flexibility index (Phi) is 6.16. The van der Waals surface area contributed by atoms with E-state index in [1.54, 1.807) is 36.4 Å². The van der Waals surface area contributed by atoms with Gasteiger partial charge in [0.25, 0.3) is 0 Å². The number of allylic oxidation sites excluding steroid dienone is 4. The van der Waals surface area contributed by atoms with Crippen molar-refractivity contribution in [3.63, 3.8) is 0 Å². The number of ether oxygens (including phenoxy) is 1. The van der Waals surface area contributed by atoms with E-state index in [1.165, 1.54) is 7.11 Å². The summed E-state index contributed by atoms with van der Waals surface area (Å²) in [4.78, 5) is 8.01. The molecule has 0 spiro atoms. The van der Waals surface area contributed by atoms with Gasteiger partial charge in [-0.2, -0.15) is 4.98 Å². The molecule has 1 aromatic carbocycles. The Morgan fingerprint density at radius 2 is 2.14 bits per heavy atom. The molecule has 8 nitrogen and oxygen atoms in total. The Morgan fingerprint density at radius 3 is 2.83 bits per heavy atom. The Labute approximate surface area is 172 Å². The SMILES string of the molecule is COc1ccc(Nc2nc(NC3=C/C(=C/S(N)(=O)=O)CC=C3)ncc2F)cc1Cl. The second-order valence-electron chi connectivity index (χ2n) is 5.98. The van der Waals surface area contributed by atoms with Crippen molar-refractivity contribution in [2.75, 3.05) is 17.7 Å². The van der Waals surface area contributed by atoms with Gasteiger partial charge in [0, 0.05) is 16.8 Å². The first-order valence-corrected chi connectivity index (χ1v) is 10.2. The van der Waals surface area contributed by atoms with Gasteiger partial charge in [0.15, 0.2) is 11.6 Å². The molecule has 0 saturated carbocycles. The van der Waals surface area contributed by atoms with Gasteiger partial charge in [-0.3, -0.25) is 0 Å². The molecule has 1 aliphatic carbocycles. The van der Waals surface area contributed by atoms with Crippen LogP contribution in [0.5, 0.6) is 5.75 Å². The molecular weight excluding hydrogens is 421 g/mol. The van der Waals surface area contributed by atoms with Crippen LogP contribution in [-0.2, 0) is 10.0 Å². The number of rotatable bonds is 6. The van der Waals surface area contributed by atoms with Gasteiger partial charge in [-0.1, -0.05) is 17.7 Å². The standard InChI is InChI=1S/C18H17ClFN5O3S/c1-28-16-6-5-13(8-14(16)19)23-17-15(20)9-22-18(25-17)24-12-4-2-3-11(7-12)10-29(21,26)27/h2,4-10H,3H2,1H3,(H2,21,26,27)(H2,22,23,24,25)/b11-10+. The molecule has 0 bridgehead atoms. The summed E-state index contributed by atoms with van der Waals surface area (Å²) in [5.41, 5.74) is 1.52. The Bertz CT molecular complexity index is 1130. The number of anilines is 3. The average Bonchev–Trinajstić information content (AvgIpc) is 2.63. The zero-order valence-corrected chi connectivity index (χ0v) is 16.8. The van der Waals surface area contributed by atoms with E-state index in [4.69, 9.17) is 21.5 Å². The second-order valence-corrected chi connectivity index (χ2v) is 7.80. The lowest BCUT2D eigenvalue weighted by Gasteiger charge is -2.13. The van der Waals surface area contributed by atoms with Gasteiger partial charge in [-0.25, -0.2) is 22.9 Å². The predicted molar refractivity (Wildman–Crippen MR) is 110 cm³/mol. The van der Waals surface area contributed by atoms with E-state index in [1.807, 2.05) is 0 Å². The number of primary sulfonamides is 1. The third kappa shape index (κ3) is 5.76. The molecule has 0 saturated heterocycles. The lowest BCUT2D eigenvalue weighted by Crippen LogP contribution is -2.10. The highest BCUT2D eigenvalue weighted by molar-refractivity contribution is 7.92. The van der Waals surface area contributed by atoms with E-state index in [-0.39, 0.29) is 11.8 Å². The summed E-state index contributed by atoms with van der Waals surface area (Å²) >= 11 is 6.08. The van der Waals surface area contributed by atoms with Crippen LogP contribution in [0.1, 0.15) is 6.42 Å². The summed E-state index contributed by atoms with van der Waals surface area (Å²) in [6, 6.07) is 4.88. The first-order chi connectivity index (χ1) is 13.7. The molecule has 0 amide bonds. The van der Waals surface area contributed by atoms with Crippen molar-refractivity contribution in [3.8, 4) is 5.75 Å². The lowest BCUT2D eigenvalue weighted by atomic mass is 10.1. The number of aromatic nitrogens is 2. The van der Waals surface area contributed by atoms with Crippen LogP contribution in [0.2, 0.25) is 5.02 Å². The number of nitrogens with zero attached hydrogens (tertiary/aromatic N) is 2. The maximum absolute atomic E-state index is 14.1. The van der Waals surface area contributed by atoms with E-state index < -0.39 is 15.8 Å². The predicted octanol–water partition coefficient (Wildman–Crippen LogP) is 3.45. The number of nitrogens with two attached hydrogens (primary N) is 1. The molecule has 1 aliphatic rings. The highest BCUT2D eigenvalue weighted by atomic mass is 35.5. The molecule has 4 N–H and O–H groups in total. The molecule has 11 heteroatoms. The average molecular weight is 438 g/mol. The molecular formula is C18H17ClFN5O3S. The molecule has 0 fully saturated rings. The van der Waals surface area contributed by atoms with Gasteiger partial charge in [-0.15, -0.1) is 0 Å². The topological polar surface area (TPSA) is 119 Å². The van der Waals surface area contributed by atoms with E-state index in [0.29, 0.717) is 34.2 Å². The van der Waals surface area contributed by atoms with Crippen LogP contribution in [0.4, 0.5) is 21.8 Å². The Morgan fingerprint density at radius 1 is 1.34 bits per heavy atom. The highest BCUT2D eigenvalue weighted by Gasteiger charge is 2.11. The summed E-state index contributed by atoms with van der Waals surface area (Å²) in [6.07, 6.45) is 6.49. The van der Waals surface area contributed by atoms with Crippen molar-refractivity contribution >= 4 is 39.1 Å². The van der Waals surface area contributed by atoms with Crippen molar-refractivity contribution in [1.82, 2.24) is 9.97 Å². The molecule has 1 aromatic heterocycles. The zero-order valence-electron chi connectivity index (χ0n) is 15.2. The van der Waals surface area contributed by atoms with Crippen LogP contribution in [-0.4, -0.2) is 25.5 Å². The van der Waals surface area contributed by atoms with Crippen molar-refractivity contribution in [2.24, 2.45) is 5.14 Å². The fraction of sp³-hybridized carbons (Fsp3) is 0.111. The Hall–Kier alpha value is -2.95. The quantitative estimate of drug-likeness (QED) is 0.633. The minimum atomic E-state index is -3.75. The molecule has 0 atom stereocenters. The Balaban J connectivity index is 1.81. The zero-order chi connectivity index (χ0) is 21.0. The highest BCUT2D eigenvalue weighted by Crippen LogP contribution is 2.29. The summed E-state index contributed by atoms with van der Waals surface area (Å²) < 4.78 is 41.7. The minimum Gasteiger partial charge on any atom is -0.495 e. The third-order valence-electron chi connectivity index (χ3n) is 3.72. The van der Waals surface area contributed by atoms with Crippen molar-refractivity contribution < 1.29 is 17.5 Å². The number of nitrogens with one attached hydrogen (secondary N) is 2. The van der Waals surface area contributed by atoms with Crippen LogP contribution < -0.4 is 20.5 Å². The normalized spacial score (nSPS) is 15.2. The minimum absolute atomic E-state index is 0.0653. The largest absolute Gasteiger partial charge is 0.495 e. The summed E-state index contributed by atoms with van der Waals surface area (Å²) in [7, 11) is -2.26. The van der Waals surface area contributed by atoms with Crippen LogP contribution in [0.25, 0.3) is 0 Å². The van der Waals surface area contributed by atoms with Crippen LogP contribution in [0.15, 0.2) is 59.3 Å². The van der Waals surface area contributed by atoms with E-state index in [0.717, 1.165) is 11.6 Å². The van der Waals surface area contributed by atoms with Crippen molar-refractivity contribution in [1.29, 1.82) is 0 Å². The first kappa shape index (κ1) is 20.8. The maximum atomic E-state index is 14.1. The summed E-state index contributed by atoms with van der Waals surface area (Å²) in [6.45, 7) is 0. The summed E-state index contributed by atoms with van der Waals surface area (Å²) in [5, 5.41) is 12.1.